The number of anilines is 1. The lowest BCUT2D eigenvalue weighted by molar-refractivity contribution is 0.100. The van der Waals surface area contributed by atoms with Crippen molar-refractivity contribution in [2.24, 2.45) is 5.73 Å². The number of hydrogen-bond donors (Lipinski definition) is 3. The van der Waals surface area contributed by atoms with Gasteiger partial charge in [-0.3, -0.25) is 4.79 Å². The SMILES string of the molecule is NC(=O)c1ccc(OCCO)c(F)c1-c1c(Cl)c(F)cc2c1CC1(c3ccccc3)CNCCN21. The van der Waals surface area contributed by atoms with Gasteiger partial charge in [-0.2, -0.15) is 0 Å². The fourth-order valence-corrected chi connectivity index (χ4v) is 5.57. The fourth-order valence-electron chi connectivity index (χ4n) is 5.31. The van der Waals surface area contributed by atoms with Crippen LogP contribution in [0.1, 0.15) is 21.5 Å². The summed E-state index contributed by atoms with van der Waals surface area (Å²) in [6.07, 6.45) is 0.411. The predicted molar refractivity (Wildman–Crippen MR) is 130 cm³/mol. The van der Waals surface area contributed by atoms with Crippen molar-refractivity contribution in [1.29, 1.82) is 0 Å². The van der Waals surface area contributed by atoms with Crippen LogP contribution in [0.2, 0.25) is 5.02 Å². The molecule has 6 nitrogen and oxygen atoms in total. The number of nitrogens with zero attached hydrogens (tertiary/aromatic N) is 1. The Balaban J connectivity index is 1.78. The highest BCUT2D eigenvalue weighted by Gasteiger charge is 2.48. The second-order valence-corrected chi connectivity index (χ2v) is 9.06. The van der Waals surface area contributed by atoms with Gasteiger partial charge in [0.15, 0.2) is 11.6 Å². The summed E-state index contributed by atoms with van der Waals surface area (Å²) < 4.78 is 36.5. The molecule has 0 bridgehead atoms. The standard InChI is InChI=1S/C26H24ClF2N3O3/c27-23-18(28)12-19-17(13-26(14-31-8-9-32(19)26)15-4-2-1-3-5-15)21(23)22-16(25(30)34)6-7-20(24(22)29)35-11-10-33/h1-7,12,31,33H,8-11,13-14H2,(H2,30,34). The second kappa shape index (κ2) is 9.11. The molecule has 0 saturated carbocycles. The average molecular weight is 500 g/mol. The number of aliphatic hydroxyl groups excluding tert-OH is 1. The van der Waals surface area contributed by atoms with Gasteiger partial charge in [0.2, 0.25) is 5.91 Å². The molecule has 2 heterocycles. The minimum atomic E-state index is -0.888. The van der Waals surface area contributed by atoms with E-state index < -0.39 is 23.1 Å². The zero-order chi connectivity index (χ0) is 24.7. The van der Waals surface area contributed by atoms with E-state index in [2.05, 4.69) is 10.2 Å². The normalized spacial score (nSPS) is 18.8. The van der Waals surface area contributed by atoms with Crippen LogP contribution in [0.25, 0.3) is 11.1 Å². The number of carbonyl (C=O) groups is 1. The van der Waals surface area contributed by atoms with Gasteiger partial charge in [-0.15, -0.1) is 0 Å². The van der Waals surface area contributed by atoms with Crippen molar-refractivity contribution in [1.82, 2.24) is 5.32 Å². The van der Waals surface area contributed by atoms with Crippen molar-refractivity contribution >= 4 is 23.2 Å². The Kier molecular flexibility index (Phi) is 6.13. The summed E-state index contributed by atoms with van der Waals surface area (Å²) in [5, 5.41) is 12.2. The second-order valence-electron chi connectivity index (χ2n) is 8.68. The van der Waals surface area contributed by atoms with Crippen molar-refractivity contribution < 1.29 is 23.4 Å². The fraction of sp³-hybridized carbons (Fsp3) is 0.269. The third-order valence-electron chi connectivity index (χ3n) is 6.79. The minimum Gasteiger partial charge on any atom is -0.488 e. The zero-order valence-corrected chi connectivity index (χ0v) is 19.5. The molecule has 1 saturated heterocycles. The van der Waals surface area contributed by atoms with Gasteiger partial charge in [0, 0.05) is 42.9 Å². The van der Waals surface area contributed by atoms with Crippen molar-refractivity contribution in [3.63, 3.8) is 0 Å². The Morgan fingerprint density at radius 2 is 1.97 bits per heavy atom. The van der Waals surface area contributed by atoms with Crippen LogP contribution in [0.5, 0.6) is 5.75 Å². The molecule has 1 unspecified atom stereocenters. The van der Waals surface area contributed by atoms with Crippen LogP contribution in [0.3, 0.4) is 0 Å². The molecule has 5 rings (SSSR count). The molecule has 2 aliphatic heterocycles. The highest BCUT2D eigenvalue weighted by molar-refractivity contribution is 6.34. The first-order valence-electron chi connectivity index (χ1n) is 11.3. The average Bonchev–Trinajstić information content (AvgIpc) is 3.20. The summed E-state index contributed by atoms with van der Waals surface area (Å²) in [7, 11) is 0. The van der Waals surface area contributed by atoms with Gasteiger partial charge in [0.05, 0.1) is 22.7 Å². The highest BCUT2D eigenvalue weighted by atomic mass is 35.5. The summed E-state index contributed by atoms with van der Waals surface area (Å²) in [5.41, 5.74) is 7.07. The lowest BCUT2D eigenvalue weighted by atomic mass is 9.83. The molecule has 35 heavy (non-hydrogen) atoms. The van der Waals surface area contributed by atoms with E-state index in [1.807, 2.05) is 30.3 Å². The van der Waals surface area contributed by atoms with Crippen molar-refractivity contribution in [2.75, 3.05) is 37.7 Å². The van der Waals surface area contributed by atoms with E-state index >= 15 is 8.78 Å². The molecule has 0 aromatic heterocycles. The molecule has 9 heteroatoms. The molecule has 1 fully saturated rings. The number of nitrogens with two attached hydrogens (primary N) is 1. The van der Waals surface area contributed by atoms with Crippen molar-refractivity contribution in [3.05, 3.63) is 81.9 Å². The Labute approximate surface area is 206 Å². The maximum absolute atomic E-state index is 15.8. The zero-order valence-electron chi connectivity index (χ0n) is 18.8. The molecule has 1 atom stereocenters. The summed E-state index contributed by atoms with van der Waals surface area (Å²) in [6, 6.07) is 13.8. The molecular weight excluding hydrogens is 476 g/mol. The monoisotopic (exact) mass is 499 g/mol. The number of primary amides is 1. The summed E-state index contributed by atoms with van der Waals surface area (Å²) in [4.78, 5) is 14.5. The quantitative estimate of drug-likeness (QED) is 0.482. The van der Waals surface area contributed by atoms with Crippen LogP contribution in [0, 0.1) is 11.6 Å². The number of amides is 1. The third kappa shape index (κ3) is 3.73. The Morgan fingerprint density at radius 3 is 2.69 bits per heavy atom. The molecule has 0 radical (unpaired) electrons. The molecular formula is C26H24ClF2N3O3. The highest BCUT2D eigenvalue weighted by Crippen LogP contribution is 2.52. The van der Waals surface area contributed by atoms with E-state index in [1.165, 1.54) is 18.2 Å². The van der Waals surface area contributed by atoms with E-state index in [-0.39, 0.29) is 40.7 Å². The van der Waals surface area contributed by atoms with Crippen LogP contribution >= 0.6 is 11.6 Å². The topological polar surface area (TPSA) is 87.8 Å². The summed E-state index contributed by atoms with van der Waals surface area (Å²) in [6.45, 7) is 1.41. The van der Waals surface area contributed by atoms with E-state index in [0.29, 0.717) is 37.3 Å². The number of nitrogens with one attached hydrogen (secondary N) is 1. The lowest BCUT2D eigenvalue weighted by Gasteiger charge is -2.45. The lowest BCUT2D eigenvalue weighted by Crippen LogP contribution is -2.57. The van der Waals surface area contributed by atoms with Gasteiger partial charge in [-0.05, 0) is 29.3 Å². The number of ether oxygens (including phenoxy) is 1. The Bertz CT molecular complexity index is 1300. The molecule has 0 aliphatic carbocycles. The van der Waals surface area contributed by atoms with Gasteiger partial charge in [-0.25, -0.2) is 8.78 Å². The molecule has 0 spiro atoms. The maximum Gasteiger partial charge on any atom is 0.249 e. The summed E-state index contributed by atoms with van der Waals surface area (Å²) in [5.74, 6) is -2.68. The minimum absolute atomic E-state index is 0.0899. The number of fused-ring (bicyclic) bond motifs is 3. The van der Waals surface area contributed by atoms with Gasteiger partial charge in [0.1, 0.15) is 12.4 Å². The van der Waals surface area contributed by atoms with Crippen LogP contribution in [0.4, 0.5) is 14.5 Å². The van der Waals surface area contributed by atoms with Crippen molar-refractivity contribution in [3.8, 4) is 16.9 Å². The van der Waals surface area contributed by atoms with E-state index in [0.717, 1.165) is 5.56 Å². The Hall–Kier alpha value is -3.20. The number of benzene rings is 3. The van der Waals surface area contributed by atoms with Crippen LogP contribution in [-0.2, 0) is 12.0 Å². The van der Waals surface area contributed by atoms with Gasteiger partial charge >= 0.3 is 0 Å². The molecule has 3 aromatic rings. The largest absolute Gasteiger partial charge is 0.488 e. The number of piperazine rings is 1. The van der Waals surface area contributed by atoms with Gasteiger partial charge < -0.3 is 25.8 Å². The molecule has 3 aromatic carbocycles. The number of hydrogen-bond acceptors (Lipinski definition) is 5. The third-order valence-corrected chi connectivity index (χ3v) is 7.16. The molecule has 1 amide bonds. The first-order chi connectivity index (χ1) is 16.9. The number of aliphatic hydroxyl groups is 1. The van der Waals surface area contributed by atoms with E-state index in [9.17, 15) is 4.79 Å². The van der Waals surface area contributed by atoms with Crippen molar-refractivity contribution in [2.45, 2.75) is 12.0 Å². The smallest absolute Gasteiger partial charge is 0.249 e. The maximum atomic E-state index is 15.8. The van der Waals surface area contributed by atoms with Crippen LogP contribution < -0.4 is 20.7 Å². The van der Waals surface area contributed by atoms with Crippen LogP contribution in [-0.4, -0.2) is 43.9 Å². The first kappa shape index (κ1) is 23.5. The number of carbonyl (C=O) groups excluding carboxylic acids is 1. The van der Waals surface area contributed by atoms with E-state index in [4.69, 9.17) is 27.2 Å². The Morgan fingerprint density at radius 1 is 1.20 bits per heavy atom. The number of rotatable bonds is 6. The predicted octanol–water partition coefficient (Wildman–Crippen LogP) is 3.62. The molecule has 182 valence electrons. The molecule has 2 aliphatic rings. The summed E-state index contributed by atoms with van der Waals surface area (Å²) >= 11 is 6.50. The molecule has 4 N–H and O–H groups in total. The van der Waals surface area contributed by atoms with Gasteiger partial charge in [-0.1, -0.05) is 41.9 Å². The van der Waals surface area contributed by atoms with Crippen LogP contribution in [0.15, 0.2) is 48.5 Å². The number of halogens is 3. The first-order valence-corrected chi connectivity index (χ1v) is 11.7. The van der Waals surface area contributed by atoms with E-state index in [1.54, 1.807) is 0 Å². The van der Waals surface area contributed by atoms with Gasteiger partial charge in [0.25, 0.3) is 0 Å².